The Labute approximate surface area is 130 Å². The number of azide groups is 1. The Kier molecular flexibility index (Phi) is 5.32. The summed E-state index contributed by atoms with van der Waals surface area (Å²) in [4.78, 5) is 31.4. The van der Waals surface area contributed by atoms with Crippen LogP contribution in [0.25, 0.3) is 10.4 Å². The quantitative estimate of drug-likeness (QED) is 0.218. The molecule has 1 aromatic heterocycles. The summed E-state index contributed by atoms with van der Waals surface area (Å²) in [6, 6.07) is 2.47. The molecule has 4 N–H and O–H groups in total. The first-order chi connectivity index (χ1) is 10.8. The lowest BCUT2D eigenvalue weighted by Crippen LogP contribution is -2.40. The van der Waals surface area contributed by atoms with E-state index < -0.39 is 38.7 Å². The second-order valence-electron chi connectivity index (χ2n) is 4.83. The number of rotatable bonds is 6. The summed E-state index contributed by atoms with van der Waals surface area (Å²) in [5, 5.41) is 3.56. The van der Waals surface area contributed by atoms with Crippen LogP contribution >= 0.6 is 7.82 Å². The van der Waals surface area contributed by atoms with Crippen molar-refractivity contribution in [3.05, 3.63) is 40.5 Å². The fraction of sp³-hybridized carbons (Fsp3) is 0.455. The van der Waals surface area contributed by atoms with E-state index in [2.05, 4.69) is 14.5 Å². The molecule has 1 fully saturated rings. The molecule has 1 aromatic rings. The number of hydrogen-bond donors (Lipinski definition) is 3. The van der Waals surface area contributed by atoms with Crippen molar-refractivity contribution in [3.8, 4) is 0 Å². The molecule has 0 bridgehead atoms. The Bertz CT molecular complexity index is 687. The third kappa shape index (κ3) is 4.73. The van der Waals surface area contributed by atoms with Gasteiger partial charge in [0.15, 0.2) is 12.4 Å². The molecule has 3 atom stereocenters. The first kappa shape index (κ1) is 17.4. The van der Waals surface area contributed by atoms with Crippen LogP contribution in [-0.4, -0.2) is 34.4 Å². The highest BCUT2D eigenvalue weighted by molar-refractivity contribution is 7.46. The van der Waals surface area contributed by atoms with Crippen molar-refractivity contribution in [2.45, 2.75) is 24.8 Å². The SMILES string of the molecule is [N-]=[N+]=N[C@@H]1C[C@H]([n+]2cccc(C(N)=O)c2)O[C@@H]1COP(=O)(O)O. The summed E-state index contributed by atoms with van der Waals surface area (Å²) in [5.41, 5.74) is 14.1. The molecule has 0 radical (unpaired) electrons. The number of phosphoric acid groups is 1. The van der Waals surface area contributed by atoms with E-state index in [4.69, 9.17) is 25.8 Å². The minimum absolute atomic E-state index is 0.256. The molecule has 0 aliphatic carbocycles. The van der Waals surface area contributed by atoms with E-state index in [0.717, 1.165) is 0 Å². The van der Waals surface area contributed by atoms with Crippen LogP contribution in [0.3, 0.4) is 0 Å². The number of hydrogen-bond acceptors (Lipinski definition) is 5. The topological polar surface area (TPSA) is 172 Å². The summed E-state index contributed by atoms with van der Waals surface area (Å²) in [6.07, 6.45) is 1.96. The van der Waals surface area contributed by atoms with Crippen LogP contribution in [0.4, 0.5) is 0 Å². The standard InChI is InChI=1S/C11H14N5O6P/c12-11(17)7-2-1-3-16(5-7)10-4-8(14-15-13)9(22-10)6-21-23(18,19)20/h1-3,5,8-10H,4,6H2,(H3-,12,17,18,19,20)/p+1/t8-,9-,10-/m1/s1. The maximum atomic E-state index is 11.2. The van der Waals surface area contributed by atoms with Gasteiger partial charge >= 0.3 is 7.82 Å². The molecule has 0 unspecified atom stereocenters. The minimum atomic E-state index is -4.66. The molecular weight excluding hydrogens is 329 g/mol. The molecule has 124 valence electrons. The molecule has 11 nitrogen and oxygen atoms in total. The number of carbonyl (C=O) groups is 1. The number of ether oxygens (including phenoxy) is 1. The predicted octanol–water partition coefficient (Wildman–Crippen LogP) is 0.149. The van der Waals surface area contributed by atoms with Gasteiger partial charge in [0, 0.05) is 17.4 Å². The molecule has 1 amide bonds. The van der Waals surface area contributed by atoms with Crippen LogP contribution < -0.4 is 10.3 Å². The number of nitrogens with zero attached hydrogens (tertiary/aromatic N) is 4. The van der Waals surface area contributed by atoms with Gasteiger partial charge in [0.25, 0.3) is 12.1 Å². The average molecular weight is 344 g/mol. The zero-order valence-corrected chi connectivity index (χ0v) is 12.7. The van der Waals surface area contributed by atoms with Crippen LogP contribution in [-0.2, 0) is 13.8 Å². The van der Waals surface area contributed by atoms with Crippen molar-refractivity contribution in [2.75, 3.05) is 6.61 Å². The van der Waals surface area contributed by atoms with Crippen molar-refractivity contribution in [1.82, 2.24) is 0 Å². The van der Waals surface area contributed by atoms with Gasteiger partial charge in [-0.3, -0.25) is 9.32 Å². The molecule has 0 saturated carbocycles. The van der Waals surface area contributed by atoms with Gasteiger partial charge < -0.3 is 20.3 Å². The third-order valence-electron chi connectivity index (χ3n) is 3.25. The second-order valence-corrected chi connectivity index (χ2v) is 6.07. The van der Waals surface area contributed by atoms with Crippen molar-refractivity contribution in [2.24, 2.45) is 10.8 Å². The number of nitrogens with two attached hydrogens (primary N) is 1. The van der Waals surface area contributed by atoms with E-state index in [1.165, 1.54) is 12.3 Å². The minimum Gasteiger partial charge on any atom is -0.365 e. The van der Waals surface area contributed by atoms with Gasteiger partial charge in [0.1, 0.15) is 5.56 Å². The lowest BCUT2D eigenvalue weighted by molar-refractivity contribution is -0.759. The Balaban J connectivity index is 2.16. The molecule has 23 heavy (non-hydrogen) atoms. The van der Waals surface area contributed by atoms with Crippen LogP contribution in [0, 0.1) is 0 Å². The zero-order chi connectivity index (χ0) is 17.0. The van der Waals surface area contributed by atoms with Crippen LogP contribution in [0.5, 0.6) is 0 Å². The van der Waals surface area contributed by atoms with Gasteiger partial charge in [-0.15, -0.1) is 0 Å². The Morgan fingerprint density at radius 1 is 1.65 bits per heavy atom. The van der Waals surface area contributed by atoms with Gasteiger partial charge in [-0.2, -0.15) is 4.57 Å². The molecule has 2 heterocycles. The predicted molar refractivity (Wildman–Crippen MR) is 74.6 cm³/mol. The van der Waals surface area contributed by atoms with Crippen LogP contribution in [0.15, 0.2) is 29.6 Å². The Morgan fingerprint density at radius 2 is 2.39 bits per heavy atom. The zero-order valence-electron chi connectivity index (χ0n) is 11.8. The molecule has 0 aromatic carbocycles. The van der Waals surface area contributed by atoms with E-state index in [9.17, 15) is 9.36 Å². The fourth-order valence-corrected chi connectivity index (χ4v) is 2.57. The maximum Gasteiger partial charge on any atom is 0.469 e. The highest BCUT2D eigenvalue weighted by Gasteiger charge is 2.41. The molecule has 0 spiro atoms. The Morgan fingerprint density at radius 3 is 3.00 bits per heavy atom. The van der Waals surface area contributed by atoms with E-state index in [0.29, 0.717) is 0 Å². The largest absolute Gasteiger partial charge is 0.469 e. The number of carbonyl (C=O) groups excluding carboxylic acids is 1. The monoisotopic (exact) mass is 344 g/mol. The number of phosphoric ester groups is 1. The Hall–Kier alpha value is -2.00. The van der Waals surface area contributed by atoms with Gasteiger partial charge in [-0.1, -0.05) is 5.11 Å². The molecular formula is C11H15N5O6P+. The summed E-state index contributed by atoms with van der Waals surface area (Å²) in [6.45, 7) is -0.430. The van der Waals surface area contributed by atoms with Gasteiger partial charge in [-0.05, 0) is 11.6 Å². The summed E-state index contributed by atoms with van der Waals surface area (Å²) in [5.74, 6) is -0.606. The molecule has 1 saturated heterocycles. The van der Waals surface area contributed by atoms with Crippen molar-refractivity contribution >= 4 is 13.7 Å². The molecule has 2 rings (SSSR count). The number of pyridine rings is 1. The molecule has 1 aliphatic rings. The van der Waals surface area contributed by atoms with E-state index in [-0.39, 0.29) is 12.0 Å². The van der Waals surface area contributed by atoms with Crippen LogP contribution in [0.2, 0.25) is 0 Å². The molecule has 12 heteroatoms. The summed E-state index contributed by atoms with van der Waals surface area (Å²) in [7, 11) is -4.66. The van der Waals surface area contributed by atoms with Gasteiger partial charge in [0.05, 0.1) is 18.8 Å². The van der Waals surface area contributed by atoms with Gasteiger partial charge in [0.2, 0.25) is 0 Å². The number of amides is 1. The lowest BCUT2D eigenvalue weighted by atomic mass is 10.1. The number of primary amides is 1. The van der Waals surface area contributed by atoms with E-state index >= 15 is 0 Å². The molecule has 1 aliphatic heterocycles. The lowest BCUT2D eigenvalue weighted by Gasteiger charge is -2.14. The van der Waals surface area contributed by atoms with Crippen molar-refractivity contribution in [1.29, 1.82) is 0 Å². The summed E-state index contributed by atoms with van der Waals surface area (Å²) >= 11 is 0. The number of aromatic nitrogens is 1. The van der Waals surface area contributed by atoms with Crippen LogP contribution in [0.1, 0.15) is 23.0 Å². The van der Waals surface area contributed by atoms with E-state index in [1.807, 2.05) is 0 Å². The average Bonchev–Trinajstić information content (AvgIpc) is 2.88. The normalized spacial score (nSPS) is 24.2. The first-order valence-electron chi connectivity index (χ1n) is 6.50. The van der Waals surface area contributed by atoms with Crippen molar-refractivity contribution in [3.63, 3.8) is 0 Å². The summed E-state index contributed by atoms with van der Waals surface area (Å²) < 4.78 is 22.4. The second kappa shape index (κ2) is 7.05. The third-order valence-corrected chi connectivity index (χ3v) is 3.74. The highest BCUT2D eigenvalue weighted by Crippen LogP contribution is 2.38. The maximum absolute atomic E-state index is 11.2. The first-order valence-corrected chi connectivity index (χ1v) is 8.03. The van der Waals surface area contributed by atoms with Crippen molar-refractivity contribution < 1.29 is 33.0 Å². The highest BCUT2D eigenvalue weighted by atomic mass is 31.2. The van der Waals surface area contributed by atoms with Gasteiger partial charge in [-0.25, -0.2) is 4.57 Å². The fourth-order valence-electron chi connectivity index (χ4n) is 2.22. The van der Waals surface area contributed by atoms with E-state index in [1.54, 1.807) is 16.8 Å². The smallest absolute Gasteiger partial charge is 0.365 e.